The third kappa shape index (κ3) is 9.94. The summed E-state index contributed by atoms with van der Waals surface area (Å²) in [5.74, 6) is -2.97. The Labute approximate surface area is 263 Å². The molecule has 0 atom stereocenters. The van der Waals surface area contributed by atoms with Crippen LogP contribution in [-0.2, 0) is 0 Å². The van der Waals surface area contributed by atoms with Gasteiger partial charge in [0.1, 0.15) is 0 Å². The number of anilines is 4. The van der Waals surface area contributed by atoms with Crippen molar-refractivity contribution in [2.45, 2.75) is 0 Å². The molecule has 0 aromatic heterocycles. The van der Waals surface area contributed by atoms with Gasteiger partial charge >= 0.3 is 12.1 Å². The van der Waals surface area contributed by atoms with E-state index in [-0.39, 0.29) is 11.4 Å². The number of aromatic hydroxyl groups is 2. The Morgan fingerprint density at radius 1 is 0.585 bits per heavy atom. The number of phenols is 2. The molecule has 0 aliphatic rings. The zero-order valence-electron chi connectivity index (χ0n) is 20.2. The molecule has 41 heavy (non-hydrogen) atoms. The van der Waals surface area contributed by atoms with Crippen molar-refractivity contribution in [3.8, 4) is 11.5 Å². The van der Waals surface area contributed by atoms with Crippen LogP contribution in [-0.4, -0.2) is 22.3 Å². The van der Waals surface area contributed by atoms with Crippen LogP contribution >= 0.6 is 66.7 Å². The van der Waals surface area contributed by atoms with Gasteiger partial charge in [0.05, 0.1) is 11.4 Å². The number of carbonyl (C=O) groups excluding carboxylic acids is 2. The minimum atomic E-state index is -0.856. The van der Waals surface area contributed by atoms with Crippen molar-refractivity contribution < 1.29 is 28.6 Å². The van der Waals surface area contributed by atoms with Crippen molar-refractivity contribution in [3.63, 3.8) is 0 Å². The first kappa shape index (κ1) is 32.2. The fourth-order valence-electron chi connectivity index (χ4n) is 3.05. The molecule has 0 unspecified atom stereocenters. The standard InChI is InChI=1S/C13H8BrCl2FN2O2.C13H9BrClFN2O2/c14-6-1-10(17)12(20)11(2-6)19-13(21)18-9-4-7(15)3-8(16)5-9;14-7-5-10(16)12(19)11(6-7)18-13(20)17-9-3-1-8(15)2-4-9/h1-5,20H,(H2,18,19,21);1-6,19H,(H2,17,18,20). The van der Waals surface area contributed by atoms with Gasteiger partial charge in [-0.1, -0.05) is 66.7 Å². The first-order chi connectivity index (χ1) is 19.3. The highest BCUT2D eigenvalue weighted by molar-refractivity contribution is 9.10. The fourth-order valence-corrected chi connectivity index (χ4v) is 4.56. The van der Waals surface area contributed by atoms with E-state index < -0.39 is 35.2 Å². The normalized spacial score (nSPS) is 10.2. The number of rotatable bonds is 4. The second-order valence-corrected chi connectivity index (χ2v) is 11.0. The van der Waals surface area contributed by atoms with Gasteiger partial charge in [0.2, 0.25) is 0 Å². The molecular weight excluding hydrogens is 736 g/mol. The number of benzene rings is 4. The van der Waals surface area contributed by atoms with Crippen molar-refractivity contribution in [2.75, 3.05) is 21.3 Å². The largest absolute Gasteiger partial charge is 0.503 e. The van der Waals surface area contributed by atoms with E-state index in [4.69, 9.17) is 34.8 Å². The number of nitrogens with one attached hydrogen (secondary N) is 4. The minimum absolute atomic E-state index is 0.0386. The Balaban J connectivity index is 0.000000226. The summed E-state index contributed by atoms with van der Waals surface area (Å²) in [5, 5.41) is 30.0. The van der Waals surface area contributed by atoms with Crippen molar-refractivity contribution >= 4 is 101 Å². The van der Waals surface area contributed by atoms with Crippen LogP contribution in [0.2, 0.25) is 15.1 Å². The average molecular weight is 754 g/mol. The Hall–Kier alpha value is -3.29. The summed E-state index contributed by atoms with van der Waals surface area (Å²) in [6, 6.07) is 14.6. The zero-order valence-corrected chi connectivity index (χ0v) is 25.6. The van der Waals surface area contributed by atoms with E-state index in [1.165, 1.54) is 30.3 Å². The molecule has 6 N–H and O–H groups in total. The molecule has 0 saturated carbocycles. The molecule has 0 bridgehead atoms. The zero-order chi connectivity index (χ0) is 30.3. The predicted octanol–water partition coefficient (Wildman–Crippen LogP) is 9.84. The predicted molar refractivity (Wildman–Crippen MR) is 165 cm³/mol. The second kappa shape index (κ2) is 14.6. The molecule has 0 saturated heterocycles. The van der Waals surface area contributed by atoms with Gasteiger partial charge in [-0.05, 0) is 66.7 Å². The molecule has 15 heteroatoms. The highest BCUT2D eigenvalue weighted by Crippen LogP contribution is 2.32. The van der Waals surface area contributed by atoms with Crippen LogP contribution in [0, 0.1) is 11.6 Å². The van der Waals surface area contributed by atoms with E-state index in [0.29, 0.717) is 35.4 Å². The lowest BCUT2D eigenvalue weighted by Crippen LogP contribution is -2.19. The lowest BCUT2D eigenvalue weighted by molar-refractivity contribution is 0.261. The van der Waals surface area contributed by atoms with E-state index in [9.17, 15) is 28.6 Å². The van der Waals surface area contributed by atoms with Gasteiger partial charge in [0, 0.05) is 35.4 Å². The topological polar surface area (TPSA) is 123 Å². The SMILES string of the molecule is O=C(Nc1cc(Cl)cc(Cl)c1)Nc1cc(Br)cc(F)c1O.O=C(Nc1ccc(Cl)cc1)Nc1cc(Br)cc(F)c1O. The van der Waals surface area contributed by atoms with Crippen molar-refractivity contribution in [1.29, 1.82) is 0 Å². The van der Waals surface area contributed by atoms with Crippen LogP contribution in [0.25, 0.3) is 0 Å². The quantitative estimate of drug-likeness (QED) is 0.116. The van der Waals surface area contributed by atoms with Gasteiger partial charge in [-0.15, -0.1) is 0 Å². The molecule has 0 aliphatic heterocycles. The summed E-state index contributed by atoms with van der Waals surface area (Å²) in [5.41, 5.74) is 0.762. The maximum absolute atomic E-state index is 13.3. The fraction of sp³-hybridized carbons (Fsp3) is 0. The molecule has 0 radical (unpaired) electrons. The van der Waals surface area contributed by atoms with Crippen LogP contribution in [0.15, 0.2) is 75.7 Å². The molecule has 214 valence electrons. The number of urea groups is 2. The molecule has 4 aromatic carbocycles. The second-order valence-electron chi connectivity index (χ2n) is 7.89. The lowest BCUT2D eigenvalue weighted by atomic mass is 10.3. The van der Waals surface area contributed by atoms with E-state index in [1.807, 2.05) is 0 Å². The number of phenolic OH excluding ortho intramolecular Hbond substituents is 2. The Kier molecular flexibility index (Phi) is 11.4. The van der Waals surface area contributed by atoms with E-state index in [2.05, 4.69) is 53.1 Å². The summed E-state index contributed by atoms with van der Waals surface area (Å²) < 4.78 is 27.4. The number of hydrogen-bond acceptors (Lipinski definition) is 4. The molecule has 4 aromatic rings. The smallest absolute Gasteiger partial charge is 0.323 e. The van der Waals surface area contributed by atoms with Gasteiger partial charge in [-0.3, -0.25) is 0 Å². The van der Waals surface area contributed by atoms with Gasteiger partial charge < -0.3 is 31.5 Å². The number of amides is 4. The molecule has 0 spiro atoms. The summed E-state index contributed by atoms with van der Waals surface area (Å²) in [7, 11) is 0. The van der Waals surface area contributed by atoms with E-state index in [1.54, 1.807) is 24.3 Å². The summed E-state index contributed by atoms with van der Waals surface area (Å²) in [6.45, 7) is 0. The van der Waals surface area contributed by atoms with Crippen LogP contribution in [0.3, 0.4) is 0 Å². The van der Waals surface area contributed by atoms with Gasteiger partial charge in [0.15, 0.2) is 23.1 Å². The van der Waals surface area contributed by atoms with Crippen molar-refractivity contribution in [1.82, 2.24) is 0 Å². The summed E-state index contributed by atoms with van der Waals surface area (Å²) in [4.78, 5) is 23.6. The first-order valence-corrected chi connectivity index (χ1v) is 13.8. The van der Waals surface area contributed by atoms with Crippen LogP contribution < -0.4 is 21.3 Å². The number of carbonyl (C=O) groups is 2. The van der Waals surface area contributed by atoms with Crippen LogP contribution in [0.4, 0.5) is 41.1 Å². The maximum Gasteiger partial charge on any atom is 0.323 e. The average Bonchev–Trinajstić information content (AvgIpc) is 2.86. The molecular formula is C26H17Br2Cl3F2N4O4. The van der Waals surface area contributed by atoms with E-state index >= 15 is 0 Å². The third-order valence-corrected chi connectivity index (χ3v) is 6.38. The summed E-state index contributed by atoms with van der Waals surface area (Å²) in [6.07, 6.45) is 0. The monoisotopic (exact) mass is 750 g/mol. The molecule has 0 aliphatic carbocycles. The third-order valence-electron chi connectivity index (χ3n) is 4.78. The van der Waals surface area contributed by atoms with Gasteiger partial charge in [-0.25, -0.2) is 18.4 Å². The van der Waals surface area contributed by atoms with Crippen LogP contribution in [0.1, 0.15) is 0 Å². The van der Waals surface area contributed by atoms with E-state index in [0.717, 1.165) is 12.1 Å². The highest BCUT2D eigenvalue weighted by atomic mass is 79.9. The molecule has 8 nitrogen and oxygen atoms in total. The van der Waals surface area contributed by atoms with Gasteiger partial charge in [0.25, 0.3) is 0 Å². The number of hydrogen-bond donors (Lipinski definition) is 6. The molecule has 4 amide bonds. The Bertz CT molecular complexity index is 1580. The molecule has 0 fully saturated rings. The minimum Gasteiger partial charge on any atom is -0.503 e. The summed E-state index contributed by atoms with van der Waals surface area (Å²) >= 11 is 23.5. The van der Waals surface area contributed by atoms with Crippen molar-refractivity contribution in [2.24, 2.45) is 0 Å². The number of halogens is 7. The Morgan fingerprint density at radius 2 is 1.00 bits per heavy atom. The Morgan fingerprint density at radius 3 is 1.44 bits per heavy atom. The molecule has 0 heterocycles. The maximum atomic E-state index is 13.3. The first-order valence-electron chi connectivity index (χ1n) is 11.0. The lowest BCUT2D eigenvalue weighted by Gasteiger charge is -2.10. The molecule has 4 rings (SSSR count). The van der Waals surface area contributed by atoms with Crippen LogP contribution in [0.5, 0.6) is 11.5 Å². The van der Waals surface area contributed by atoms with Gasteiger partial charge in [-0.2, -0.15) is 0 Å². The van der Waals surface area contributed by atoms with Crippen molar-refractivity contribution in [3.05, 3.63) is 102 Å². The highest BCUT2D eigenvalue weighted by Gasteiger charge is 2.13.